The quantitative estimate of drug-likeness (QED) is 0.0242. The van der Waals surface area contributed by atoms with Crippen molar-refractivity contribution in [1.82, 2.24) is 55.7 Å². The van der Waals surface area contributed by atoms with Crippen LogP contribution in [0.15, 0.2) is 54.7 Å². The predicted octanol–water partition coefficient (Wildman–Crippen LogP) is 3.11. The van der Waals surface area contributed by atoms with E-state index < -0.39 is 67.1 Å². The Kier molecular flexibility index (Phi) is 32.2. The van der Waals surface area contributed by atoms with Gasteiger partial charge in [0.15, 0.2) is 0 Å². The smallest absolute Gasteiger partial charge is 0.317 e. The molecule has 2 aromatic carbocycles. The number of aryl methyl sites for hydroxylation is 1. The molecule has 3 saturated heterocycles. The van der Waals surface area contributed by atoms with E-state index >= 15 is 0 Å². The zero-order chi connectivity index (χ0) is 66.1. The van der Waals surface area contributed by atoms with E-state index in [0.29, 0.717) is 140 Å². The maximum atomic E-state index is 14.0. The lowest BCUT2D eigenvalue weighted by molar-refractivity contribution is -0.139. The number of carboxylic acids is 1. The maximum absolute atomic E-state index is 14.0. The van der Waals surface area contributed by atoms with E-state index in [1.165, 1.54) is 12.3 Å². The van der Waals surface area contributed by atoms with Gasteiger partial charge in [0, 0.05) is 120 Å². The van der Waals surface area contributed by atoms with Crippen LogP contribution < -0.4 is 26.0 Å². The summed E-state index contributed by atoms with van der Waals surface area (Å²) in [4.78, 5) is 128. The number of alkyl halides is 2. The SMILES string of the molecule is C#C[C@H]1CC(F)(F)CN1C(=O)CNC(=O)c1ccnc2ccc(OCCCC3CCN(C(=O)CCCCCNC(=O)[C@H](CCOCCNC(=O)CCCc4ccc(I)cc4)NC(=O)CN4CCN(COC=O)CCN(COC=O)CCN(CC(=O)O)CC4)CC3)cc12. The van der Waals surface area contributed by atoms with Crippen molar-refractivity contribution in [1.29, 1.82) is 0 Å². The third kappa shape index (κ3) is 26.8. The molecule has 0 radical (unpaired) electrons. The first-order chi connectivity index (χ1) is 44.4. The van der Waals surface area contributed by atoms with Gasteiger partial charge >= 0.3 is 5.97 Å². The van der Waals surface area contributed by atoms with Gasteiger partial charge < -0.3 is 55.1 Å². The minimum atomic E-state index is -3.09. The summed E-state index contributed by atoms with van der Waals surface area (Å²) in [5, 5.41) is 21.4. The van der Waals surface area contributed by atoms with E-state index in [9.17, 15) is 57.0 Å². The van der Waals surface area contributed by atoms with Crippen molar-refractivity contribution in [3.8, 4) is 18.1 Å². The fraction of sp³-hybridized carbons (Fsp3) is 0.594. The largest absolute Gasteiger partial charge is 0.494 e. The molecule has 504 valence electrons. The van der Waals surface area contributed by atoms with Gasteiger partial charge in [-0.05, 0) is 128 Å². The highest BCUT2D eigenvalue weighted by molar-refractivity contribution is 14.1. The number of ether oxygens (including phenoxy) is 4. The summed E-state index contributed by atoms with van der Waals surface area (Å²) in [6, 6.07) is 12.8. The fourth-order valence-corrected chi connectivity index (χ4v) is 11.5. The number of aromatic nitrogens is 1. The molecule has 0 saturated carbocycles. The number of piperidine rings is 1. The number of halogens is 3. The Morgan fingerprint density at radius 2 is 1.41 bits per heavy atom. The molecule has 92 heavy (non-hydrogen) atoms. The monoisotopic (exact) mass is 1400 g/mol. The molecular weight excluding hydrogens is 1310 g/mol. The number of unbranched alkanes of at least 4 members (excludes halogenated alkanes) is 2. The summed E-state index contributed by atoms with van der Waals surface area (Å²) in [5.41, 5.74) is 1.93. The summed E-state index contributed by atoms with van der Waals surface area (Å²) in [6.45, 7) is 4.27. The number of likely N-dealkylation sites (tertiary alicyclic amines) is 2. The zero-order valence-corrected chi connectivity index (χ0v) is 54.4. The third-order valence-corrected chi connectivity index (χ3v) is 17.1. The number of amides is 6. The molecule has 3 aliphatic heterocycles. The van der Waals surface area contributed by atoms with Crippen molar-refractivity contribution in [3.63, 3.8) is 0 Å². The molecule has 4 heterocycles. The van der Waals surface area contributed by atoms with Crippen LogP contribution in [-0.4, -0.2) is 250 Å². The number of rotatable bonds is 36. The van der Waals surface area contributed by atoms with E-state index in [1.807, 2.05) is 31.7 Å². The van der Waals surface area contributed by atoms with Crippen LogP contribution in [-0.2, 0) is 59.0 Å². The number of nitrogens with one attached hydrogen (secondary N) is 4. The maximum Gasteiger partial charge on any atom is 0.317 e. The molecule has 0 spiro atoms. The van der Waals surface area contributed by atoms with Gasteiger partial charge in [0.05, 0.1) is 56.5 Å². The number of hydrogen-bond donors (Lipinski definition) is 5. The van der Waals surface area contributed by atoms with Gasteiger partial charge in [-0.1, -0.05) is 24.5 Å². The number of terminal acetylenes is 1. The van der Waals surface area contributed by atoms with E-state index in [-0.39, 0.29) is 83.2 Å². The van der Waals surface area contributed by atoms with Crippen LogP contribution in [0.2, 0.25) is 0 Å². The number of hydrogen-bond acceptors (Lipinski definition) is 18. The second kappa shape index (κ2) is 40.1. The molecule has 1 aromatic heterocycles. The Hall–Kier alpha value is -7.17. The molecule has 6 amide bonds. The second-order valence-electron chi connectivity index (χ2n) is 23.2. The van der Waals surface area contributed by atoms with Crippen LogP contribution in [0.1, 0.15) is 93.0 Å². The summed E-state index contributed by atoms with van der Waals surface area (Å²) >= 11 is 2.25. The van der Waals surface area contributed by atoms with Crippen LogP contribution in [0.5, 0.6) is 5.75 Å². The van der Waals surface area contributed by atoms with Gasteiger partial charge in [-0.3, -0.25) is 67.7 Å². The number of carbonyl (C=O) groups excluding carboxylic acids is 8. The lowest BCUT2D eigenvalue weighted by Gasteiger charge is -2.33. The van der Waals surface area contributed by atoms with Gasteiger partial charge in [0.1, 0.15) is 25.3 Å². The van der Waals surface area contributed by atoms with Crippen LogP contribution in [0.25, 0.3) is 10.9 Å². The molecule has 0 bridgehead atoms. The lowest BCUT2D eigenvalue weighted by atomic mass is 9.92. The molecular formula is C64H88F2IN11O14. The summed E-state index contributed by atoms with van der Waals surface area (Å²) in [7, 11) is 0. The zero-order valence-electron chi connectivity index (χ0n) is 52.2. The highest BCUT2D eigenvalue weighted by Gasteiger charge is 2.46. The minimum absolute atomic E-state index is 0.00885. The van der Waals surface area contributed by atoms with Gasteiger partial charge in [-0.15, -0.1) is 6.42 Å². The number of carboxylic acid groups (broad SMARTS) is 1. The lowest BCUT2D eigenvalue weighted by Crippen LogP contribution is -2.52. The van der Waals surface area contributed by atoms with E-state index in [4.69, 9.17) is 25.4 Å². The van der Waals surface area contributed by atoms with E-state index in [0.717, 1.165) is 46.1 Å². The van der Waals surface area contributed by atoms with E-state index in [2.05, 4.69) is 66.9 Å². The Morgan fingerprint density at radius 1 is 0.739 bits per heavy atom. The molecule has 6 rings (SSSR count). The fourth-order valence-electron chi connectivity index (χ4n) is 11.2. The predicted molar refractivity (Wildman–Crippen MR) is 344 cm³/mol. The highest BCUT2D eigenvalue weighted by Crippen LogP contribution is 2.32. The average Bonchev–Trinajstić information content (AvgIpc) is 1.32. The molecule has 28 heteroatoms. The van der Waals surface area contributed by atoms with Gasteiger partial charge in [-0.2, -0.15) is 0 Å². The van der Waals surface area contributed by atoms with Crippen LogP contribution in [0.3, 0.4) is 0 Å². The molecule has 25 nitrogen and oxygen atoms in total. The van der Waals surface area contributed by atoms with Crippen molar-refractivity contribution >= 4 is 87.9 Å². The van der Waals surface area contributed by atoms with Crippen molar-refractivity contribution in [2.75, 3.05) is 138 Å². The summed E-state index contributed by atoms with van der Waals surface area (Å²) < 4.78 is 51.1. The normalized spacial score (nSPS) is 17.5. The van der Waals surface area contributed by atoms with Crippen LogP contribution >= 0.6 is 22.6 Å². The molecule has 0 unspecified atom stereocenters. The first-order valence-electron chi connectivity index (χ1n) is 31.5. The molecule has 3 aliphatic rings. The number of aliphatic carboxylic acids is 1. The molecule has 3 aromatic rings. The molecule has 3 fully saturated rings. The molecule has 2 atom stereocenters. The van der Waals surface area contributed by atoms with Gasteiger partial charge in [0.25, 0.3) is 24.8 Å². The van der Waals surface area contributed by atoms with Gasteiger partial charge in [0.2, 0.25) is 29.5 Å². The standard InChI is InChI=1S/C64H88F2IN11O14/c1-2-51-39-64(65,66)43-78(51)60(84)40-71-62(87)53-18-23-68-55-17-16-52(38-54(53)55)92-35-7-9-49-19-25-77(26-20-49)59(83)11-4-3-5-22-70-63(88)56(21-36-89-37-24-69-57(81)10-6-8-48-12-14-50(67)15-13-48)72-58(82)41-73-27-28-74(42-61(85)86)30-32-76(45-91-47-80)34-33-75(31-29-73)44-90-46-79/h1,12-18,23,38,46-47,49,51,56H,3-11,19-22,24-37,39-45H2,(H,69,81)(H,70,88)(H,71,87)(H,72,82)(H,85,86)/t51-,56-/m0/s1. The minimum Gasteiger partial charge on any atom is -0.494 e. The van der Waals surface area contributed by atoms with Gasteiger partial charge in [-0.25, -0.2) is 8.78 Å². The van der Waals surface area contributed by atoms with Crippen molar-refractivity contribution in [2.24, 2.45) is 5.92 Å². The number of fused-ring (bicyclic) bond motifs is 1. The van der Waals surface area contributed by atoms with Crippen LogP contribution in [0, 0.1) is 21.8 Å². The average molecular weight is 1400 g/mol. The topological polar surface area (TPSA) is 291 Å². The first kappa shape index (κ1) is 73.9. The summed E-state index contributed by atoms with van der Waals surface area (Å²) in [5.74, 6) is -3.10. The highest BCUT2D eigenvalue weighted by atomic mass is 127. The number of carbonyl (C=O) groups is 9. The van der Waals surface area contributed by atoms with Crippen molar-refractivity contribution < 1.29 is 76.0 Å². The molecule has 0 aliphatic carbocycles. The Bertz CT molecular complexity index is 2920. The molecule has 5 N–H and O–H groups in total. The van der Waals surface area contributed by atoms with Crippen molar-refractivity contribution in [2.45, 2.75) is 101 Å². The Balaban J connectivity index is 0.916. The first-order valence-corrected chi connectivity index (χ1v) is 32.6. The van der Waals surface area contributed by atoms with E-state index in [1.54, 1.807) is 23.1 Å². The number of benzene rings is 2. The summed E-state index contributed by atoms with van der Waals surface area (Å²) in [6.07, 6.45) is 13.8. The van der Waals surface area contributed by atoms with Crippen molar-refractivity contribution in [3.05, 3.63) is 69.4 Å². The second-order valence-corrected chi connectivity index (χ2v) is 24.5. The number of pyridine rings is 1. The Morgan fingerprint density at radius 3 is 2.08 bits per heavy atom. The van der Waals surface area contributed by atoms with Crippen LogP contribution in [0.4, 0.5) is 8.78 Å². The third-order valence-electron chi connectivity index (χ3n) is 16.4. The number of nitrogens with zero attached hydrogens (tertiary/aromatic N) is 7. The Labute approximate surface area is 549 Å².